The van der Waals surface area contributed by atoms with Crippen molar-refractivity contribution in [3.63, 3.8) is 0 Å². The van der Waals surface area contributed by atoms with E-state index in [0.29, 0.717) is 25.3 Å². The summed E-state index contributed by atoms with van der Waals surface area (Å²) < 4.78 is 7.47. The Bertz CT molecular complexity index is 1290. The highest BCUT2D eigenvalue weighted by molar-refractivity contribution is 5.81. The number of nitrogens with zero attached hydrogens (tertiary/aromatic N) is 3. The molecule has 1 aromatic heterocycles. The molecule has 186 valence electrons. The van der Waals surface area contributed by atoms with E-state index >= 15 is 0 Å². The number of imidazole rings is 1. The summed E-state index contributed by atoms with van der Waals surface area (Å²) in [5, 5.41) is 2.89. The molecule has 0 radical (unpaired) electrons. The standard InChI is InChI=1S/C29H32N4O3/c1-22(2)32(19-23-11-5-3-6-12-23)29(35)20-33-26-16-10-9-15-25(26)31-27(33)17-18-30-28(34)21-36-24-13-7-4-8-14-24/h3-16,22H,17-21H2,1-2H3,(H,30,34). The van der Waals surface area contributed by atoms with E-state index in [2.05, 4.69) is 5.32 Å². The number of carbonyl (C=O) groups is 2. The van der Waals surface area contributed by atoms with Gasteiger partial charge >= 0.3 is 0 Å². The highest BCUT2D eigenvalue weighted by Crippen LogP contribution is 2.18. The fourth-order valence-electron chi connectivity index (χ4n) is 4.09. The van der Waals surface area contributed by atoms with Gasteiger partial charge in [-0.05, 0) is 43.7 Å². The average molecular weight is 485 g/mol. The minimum absolute atomic E-state index is 0.0264. The van der Waals surface area contributed by atoms with Crippen LogP contribution in [-0.4, -0.2) is 45.5 Å². The summed E-state index contributed by atoms with van der Waals surface area (Å²) in [6, 6.07) is 27.1. The predicted octanol–water partition coefficient (Wildman–Crippen LogP) is 4.21. The van der Waals surface area contributed by atoms with Crippen LogP contribution in [0.3, 0.4) is 0 Å². The van der Waals surface area contributed by atoms with Crippen LogP contribution in [-0.2, 0) is 29.1 Å². The first-order valence-corrected chi connectivity index (χ1v) is 12.2. The minimum Gasteiger partial charge on any atom is -0.484 e. The van der Waals surface area contributed by atoms with Gasteiger partial charge in [-0.3, -0.25) is 9.59 Å². The fourth-order valence-corrected chi connectivity index (χ4v) is 4.09. The van der Waals surface area contributed by atoms with Crippen molar-refractivity contribution in [1.82, 2.24) is 19.8 Å². The molecule has 1 heterocycles. The van der Waals surface area contributed by atoms with Crippen LogP contribution in [0, 0.1) is 0 Å². The van der Waals surface area contributed by atoms with Crippen LogP contribution in [0.4, 0.5) is 0 Å². The second-order valence-electron chi connectivity index (χ2n) is 8.91. The maximum atomic E-state index is 13.4. The molecule has 7 heteroatoms. The van der Waals surface area contributed by atoms with Crippen LogP contribution in [0.1, 0.15) is 25.2 Å². The number of amides is 2. The van der Waals surface area contributed by atoms with Gasteiger partial charge in [0.15, 0.2) is 6.61 Å². The third kappa shape index (κ3) is 6.50. The van der Waals surface area contributed by atoms with Gasteiger partial charge in [0.1, 0.15) is 18.1 Å². The zero-order chi connectivity index (χ0) is 25.3. The number of nitrogens with one attached hydrogen (secondary N) is 1. The average Bonchev–Trinajstić information content (AvgIpc) is 3.24. The van der Waals surface area contributed by atoms with Crippen molar-refractivity contribution >= 4 is 22.8 Å². The van der Waals surface area contributed by atoms with E-state index in [1.807, 2.05) is 108 Å². The quantitative estimate of drug-likeness (QED) is 0.346. The lowest BCUT2D eigenvalue weighted by molar-refractivity contribution is -0.134. The Balaban J connectivity index is 1.42. The first-order chi connectivity index (χ1) is 17.5. The summed E-state index contributed by atoms with van der Waals surface area (Å²) in [6.45, 7) is 5.14. The van der Waals surface area contributed by atoms with Gasteiger partial charge < -0.3 is 19.5 Å². The number of hydrogen-bond donors (Lipinski definition) is 1. The number of rotatable bonds is 11. The topological polar surface area (TPSA) is 76.5 Å². The number of para-hydroxylation sites is 3. The largest absolute Gasteiger partial charge is 0.484 e. The first-order valence-electron chi connectivity index (χ1n) is 12.2. The van der Waals surface area contributed by atoms with Crippen LogP contribution < -0.4 is 10.1 Å². The Morgan fingerprint density at radius 1 is 0.944 bits per heavy atom. The van der Waals surface area contributed by atoms with E-state index in [4.69, 9.17) is 9.72 Å². The molecular formula is C29H32N4O3. The Morgan fingerprint density at radius 2 is 1.61 bits per heavy atom. The lowest BCUT2D eigenvalue weighted by Crippen LogP contribution is -2.39. The molecule has 1 N–H and O–H groups in total. The molecule has 3 aromatic carbocycles. The lowest BCUT2D eigenvalue weighted by atomic mass is 10.2. The lowest BCUT2D eigenvalue weighted by Gasteiger charge is -2.27. The molecule has 4 rings (SSSR count). The Morgan fingerprint density at radius 3 is 2.33 bits per heavy atom. The van der Waals surface area contributed by atoms with E-state index in [9.17, 15) is 9.59 Å². The van der Waals surface area contributed by atoms with Gasteiger partial charge in [-0.15, -0.1) is 0 Å². The molecule has 4 aromatic rings. The summed E-state index contributed by atoms with van der Waals surface area (Å²) >= 11 is 0. The number of benzene rings is 3. The molecule has 0 aliphatic heterocycles. The Kier molecular flexibility index (Phi) is 8.34. The van der Waals surface area contributed by atoms with Crippen molar-refractivity contribution in [2.75, 3.05) is 13.2 Å². The van der Waals surface area contributed by atoms with Crippen LogP contribution in [0.5, 0.6) is 5.75 Å². The van der Waals surface area contributed by atoms with Crippen LogP contribution >= 0.6 is 0 Å². The summed E-state index contributed by atoms with van der Waals surface area (Å²) in [6.07, 6.45) is 0.499. The number of fused-ring (bicyclic) bond motifs is 1. The monoisotopic (exact) mass is 484 g/mol. The van der Waals surface area contributed by atoms with Gasteiger partial charge in [0, 0.05) is 25.6 Å². The van der Waals surface area contributed by atoms with Crippen molar-refractivity contribution < 1.29 is 14.3 Å². The second kappa shape index (κ2) is 12.0. The van der Waals surface area contributed by atoms with Crippen LogP contribution in [0.25, 0.3) is 11.0 Å². The summed E-state index contributed by atoms with van der Waals surface area (Å²) in [5.74, 6) is 1.24. The van der Waals surface area contributed by atoms with Crippen molar-refractivity contribution in [2.24, 2.45) is 0 Å². The molecule has 0 unspecified atom stereocenters. The van der Waals surface area contributed by atoms with Gasteiger partial charge in [0.2, 0.25) is 5.91 Å². The minimum atomic E-state index is -0.202. The Labute approximate surface area is 211 Å². The molecule has 0 atom stereocenters. The molecule has 0 aliphatic rings. The second-order valence-corrected chi connectivity index (χ2v) is 8.91. The SMILES string of the molecule is CC(C)N(Cc1ccccc1)C(=O)Cn1c(CCNC(=O)COc2ccccc2)nc2ccccc21. The van der Waals surface area contributed by atoms with Crippen LogP contribution in [0.2, 0.25) is 0 Å². The zero-order valence-corrected chi connectivity index (χ0v) is 20.8. The smallest absolute Gasteiger partial charge is 0.257 e. The Hall–Kier alpha value is -4.13. The number of carbonyl (C=O) groups excluding carboxylic acids is 2. The molecular weight excluding hydrogens is 452 g/mol. The van der Waals surface area contributed by atoms with Gasteiger partial charge in [0.05, 0.1) is 11.0 Å². The van der Waals surface area contributed by atoms with E-state index < -0.39 is 0 Å². The van der Waals surface area contributed by atoms with E-state index in [1.165, 1.54) is 0 Å². The number of hydrogen-bond acceptors (Lipinski definition) is 4. The molecule has 0 aliphatic carbocycles. The zero-order valence-electron chi connectivity index (χ0n) is 20.8. The summed E-state index contributed by atoms with van der Waals surface area (Å²) in [7, 11) is 0. The molecule has 0 saturated carbocycles. The van der Waals surface area contributed by atoms with Gasteiger partial charge in [0.25, 0.3) is 5.91 Å². The molecule has 0 bridgehead atoms. The van der Waals surface area contributed by atoms with E-state index in [0.717, 1.165) is 22.4 Å². The highest BCUT2D eigenvalue weighted by atomic mass is 16.5. The molecule has 0 spiro atoms. The molecule has 0 fully saturated rings. The molecule has 0 saturated heterocycles. The van der Waals surface area contributed by atoms with Gasteiger partial charge in [-0.25, -0.2) is 4.98 Å². The van der Waals surface area contributed by atoms with Gasteiger partial charge in [-0.2, -0.15) is 0 Å². The van der Waals surface area contributed by atoms with Crippen LogP contribution in [0.15, 0.2) is 84.9 Å². The number of aromatic nitrogens is 2. The van der Waals surface area contributed by atoms with E-state index in [1.54, 1.807) is 0 Å². The molecule has 36 heavy (non-hydrogen) atoms. The molecule has 7 nitrogen and oxygen atoms in total. The maximum Gasteiger partial charge on any atom is 0.257 e. The van der Waals surface area contributed by atoms with Gasteiger partial charge in [-0.1, -0.05) is 60.7 Å². The first kappa shape index (κ1) is 25.0. The van der Waals surface area contributed by atoms with Crippen molar-refractivity contribution in [1.29, 1.82) is 0 Å². The highest BCUT2D eigenvalue weighted by Gasteiger charge is 2.21. The summed E-state index contributed by atoms with van der Waals surface area (Å²) in [5.41, 5.74) is 2.83. The van der Waals surface area contributed by atoms with Crippen molar-refractivity contribution in [2.45, 2.75) is 39.4 Å². The normalized spacial score (nSPS) is 11.0. The van der Waals surface area contributed by atoms with E-state index in [-0.39, 0.29) is 31.0 Å². The number of ether oxygens (including phenoxy) is 1. The summed E-state index contributed by atoms with van der Waals surface area (Å²) in [4.78, 5) is 32.3. The third-order valence-electron chi connectivity index (χ3n) is 5.95. The third-order valence-corrected chi connectivity index (χ3v) is 5.95. The predicted molar refractivity (Wildman–Crippen MR) is 141 cm³/mol. The maximum absolute atomic E-state index is 13.4. The van der Waals surface area contributed by atoms with Crippen molar-refractivity contribution in [3.05, 3.63) is 96.3 Å². The fraction of sp³-hybridized carbons (Fsp3) is 0.276. The molecule has 2 amide bonds. The van der Waals surface area contributed by atoms with Crippen molar-refractivity contribution in [3.8, 4) is 5.75 Å².